The molecule has 4 rings (SSSR count). The molecule has 264 valence electrons. The van der Waals surface area contributed by atoms with Crippen molar-refractivity contribution in [3.8, 4) is 41.2 Å². The first-order valence-corrected chi connectivity index (χ1v) is 17.5. The Balaban J connectivity index is 1.23. The number of hydrogen-bond acceptors (Lipinski definition) is 7. The number of carbonyl (C=O) groups excluding carboxylic acids is 2. The van der Waals surface area contributed by atoms with Gasteiger partial charge in [0.05, 0.1) is 32.0 Å². The van der Waals surface area contributed by atoms with Gasteiger partial charge in [-0.2, -0.15) is 5.26 Å². The standard InChI is InChI=1S/C45H43NO6/c1-3-44(47)51-29-11-7-5-9-27-49-42-24-18-35(19-25-42)15-20-38-21-16-37(32-41(38)34-46)14-13-36-17-22-40-33-43(26-23-39(40)31-36)50-28-10-6-8-12-30-52-45(48)4-2/h3-4,16-19,21-26,31-33H,1-2,5-12,27-30H2. The molecule has 0 bridgehead atoms. The fourth-order valence-electron chi connectivity index (χ4n) is 5.09. The smallest absolute Gasteiger partial charge is 0.330 e. The Labute approximate surface area is 306 Å². The quantitative estimate of drug-likeness (QED) is 0.0445. The zero-order valence-corrected chi connectivity index (χ0v) is 29.5. The highest BCUT2D eigenvalue weighted by molar-refractivity contribution is 5.85. The number of nitriles is 1. The number of nitrogens with zero attached hydrogens (tertiary/aromatic N) is 1. The van der Waals surface area contributed by atoms with E-state index in [1.807, 2.05) is 72.8 Å². The fourth-order valence-corrected chi connectivity index (χ4v) is 5.09. The van der Waals surface area contributed by atoms with Crippen molar-refractivity contribution in [1.29, 1.82) is 5.26 Å². The lowest BCUT2D eigenvalue weighted by molar-refractivity contribution is -0.138. The molecule has 4 aromatic carbocycles. The first-order valence-electron chi connectivity index (χ1n) is 17.5. The molecule has 0 unspecified atom stereocenters. The minimum Gasteiger partial charge on any atom is -0.494 e. The third-order valence-corrected chi connectivity index (χ3v) is 7.94. The normalized spacial score (nSPS) is 10.1. The van der Waals surface area contributed by atoms with E-state index in [2.05, 4.69) is 42.9 Å². The number of esters is 2. The molecule has 0 aliphatic heterocycles. The molecule has 0 aromatic heterocycles. The third kappa shape index (κ3) is 13.6. The van der Waals surface area contributed by atoms with Crippen LogP contribution in [0.1, 0.15) is 79.2 Å². The van der Waals surface area contributed by atoms with Crippen LogP contribution in [-0.2, 0) is 19.1 Å². The topological polar surface area (TPSA) is 94.8 Å². The second-order valence-electron chi connectivity index (χ2n) is 11.9. The van der Waals surface area contributed by atoms with Crippen molar-refractivity contribution in [1.82, 2.24) is 0 Å². The molecule has 0 heterocycles. The van der Waals surface area contributed by atoms with Crippen LogP contribution in [0.2, 0.25) is 0 Å². The summed E-state index contributed by atoms with van der Waals surface area (Å²) in [6.07, 6.45) is 9.78. The molecule has 7 heteroatoms. The van der Waals surface area contributed by atoms with Crippen LogP contribution in [0.3, 0.4) is 0 Å². The summed E-state index contributed by atoms with van der Waals surface area (Å²) in [5.74, 6) is 13.5. The van der Waals surface area contributed by atoms with E-state index in [1.54, 1.807) is 6.07 Å². The van der Waals surface area contributed by atoms with E-state index in [9.17, 15) is 14.9 Å². The predicted molar refractivity (Wildman–Crippen MR) is 204 cm³/mol. The number of fused-ring (bicyclic) bond motifs is 1. The number of unbranched alkanes of at least 4 members (excludes halogenated alkanes) is 6. The lowest BCUT2D eigenvalue weighted by Gasteiger charge is -2.08. The van der Waals surface area contributed by atoms with Gasteiger partial charge in [0, 0.05) is 34.4 Å². The van der Waals surface area contributed by atoms with E-state index >= 15 is 0 Å². The Morgan fingerprint density at radius 1 is 0.519 bits per heavy atom. The molecule has 0 atom stereocenters. The fraction of sp³-hybridized carbons (Fsp3) is 0.267. The Hall–Kier alpha value is -6.23. The second kappa shape index (κ2) is 21.8. The van der Waals surface area contributed by atoms with Gasteiger partial charge in [-0.1, -0.05) is 49.0 Å². The van der Waals surface area contributed by atoms with E-state index in [1.165, 1.54) is 12.2 Å². The number of benzene rings is 4. The van der Waals surface area contributed by atoms with Crippen LogP contribution in [0.4, 0.5) is 0 Å². The summed E-state index contributed by atoms with van der Waals surface area (Å²) in [7, 11) is 0. The van der Waals surface area contributed by atoms with Gasteiger partial charge in [0.15, 0.2) is 0 Å². The van der Waals surface area contributed by atoms with Crippen LogP contribution in [0.5, 0.6) is 11.5 Å². The minimum absolute atomic E-state index is 0.379. The van der Waals surface area contributed by atoms with Crippen molar-refractivity contribution in [3.05, 3.63) is 132 Å². The molecule has 4 aromatic rings. The SMILES string of the molecule is C=CC(=O)OCCCCCCOc1ccc(C#Cc2ccc(C#Cc3ccc4cc(OCCCCCCOC(=O)C=C)ccc4c3)cc2C#N)cc1. The Morgan fingerprint density at radius 2 is 1.00 bits per heavy atom. The molecule has 0 saturated heterocycles. The molecule has 52 heavy (non-hydrogen) atoms. The molecule has 0 saturated carbocycles. The van der Waals surface area contributed by atoms with Crippen molar-refractivity contribution in [3.63, 3.8) is 0 Å². The Bertz CT molecular complexity index is 2000. The first-order chi connectivity index (χ1) is 25.5. The summed E-state index contributed by atoms with van der Waals surface area (Å²) in [5.41, 5.74) is 3.54. The molecular formula is C45H43NO6. The van der Waals surface area contributed by atoms with Gasteiger partial charge >= 0.3 is 11.9 Å². The number of rotatable bonds is 18. The van der Waals surface area contributed by atoms with Gasteiger partial charge in [0.25, 0.3) is 0 Å². The maximum Gasteiger partial charge on any atom is 0.330 e. The summed E-state index contributed by atoms with van der Waals surface area (Å²) in [6.45, 7) is 8.84. The maximum atomic E-state index is 11.1. The number of hydrogen-bond donors (Lipinski definition) is 0. The molecule has 0 aliphatic carbocycles. The van der Waals surface area contributed by atoms with Gasteiger partial charge < -0.3 is 18.9 Å². The van der Waals surface area contributed by atoms with Gasteiger partial charge in [-0.3, -0.25) is 0 Å². The average molecular weight is 694 g/mol. The first kappa shape index (κ1) is 38.6. The summed E-state index contributed by atoms with van der Waals surface area (Å²) in [5, 5.41) is 11.9. The van der Waals surface area contributed by atoms with E-state index in [4.69, 9.17) is 18.9 Å². The van der Waals surface area contributed by atoms with E-state index in [0.29, 0.717) is 37.6 Å². The van der Waals surface area contributed by atoms with E-state index < -0.39 is 0 Å². The summed E-state index contributed by atoms with van der Waals surface area (Å²) < 4.78 is 21.7. The van der Waals surface area contributed by atoms with E-state index in [-0.39, 0.29) is 11.9 Å². The molecule has 0 fully saturated rings. The zero-order chi connectivity index (χ0) is 36.8. The van der Waals surface area contributed by atoms with Crippen LogP contribution in [0, 0.1) is 35.0 Å². The highest BCUT2D eigenvalue weighted by Gasteiger charge is 2.03. The van der Waals surface area contributed by atoms with Crippen molar-refractivity contribution in [2.24, 2.45) is 0 Å². The van der Waals surface area contributed by atoms with Crippen LogP contribution >= 0.6 is 0 Å². The van der Waals surface area contributed by atoms with Crippen LogP contribution in [0.15, 0.2) is 104 Å². The second-order valence-corrected chi connectivity index (χ2v) is 11.9. The Morgan fingerprint density at radius 3 is 1.62 bits per heavy atom. The molecule has 0 aliphatic rings. The van der Waals surface area contributed by atoms with Crippen molar-refractivity contribution < 1.29 is 28.5 Å². The summed E-state index contributed by atoms with van der Waals surface area (Å²) >= 11 is 0. The summed E-state index contributed by atoms with van der Waals surface area (Å²) in [6, 6.07) is 27.4. The van der Waals surface area contributed by atoms with Gasteiger partial charge in [-0.05, 0) is 129 Å². The van der Waals surface area contributed by atoms with Gasteiger partial charge in [0.2, 0.25) is 0 Å². The van der Waals surface area contributed by atoms with E-state index in [0.717, 1.165) is 90.3 Å². The largest absolute Gasteiger partial charge is 0.494 e. The molecule has 0 amide bonds. The van der Waals surface area contributed by atoms with Gasteiger partial charge in [0.1, 0.15) is 17.6 Å². The predicted octanol–water partition coefficient (Wildman–Crippen LogP) is 8.85. The van der Waals surface area contributed by atoms with Crippen LogP contribution in [0.25, 0.3) is 10.8 Å². The van der Waals surface area contributed by atoms with Crippen molar-refractivity contribution in [2.75, 3.05) is 26.4 Å². The highest BCUT2D eigenvalue weighted by atomic mass is 16.5. The minimum atomic E-state index is -0.384. The summed E-state index contributed by atoms with van der Waals surface area (Å²) in [4.78, 5) is 22.1. The molecule has 0 spiro atoms. The van der Waals surface area contributed by atoms with Crippen molar-refractivity contribution in [2.45, 2.75) is 51.4 Å². The number of carbonyl (C=O) groups is 2. The van der Waals surface area contributed by atoms with Gasteiger partial charge in [-0.25, -0.2) is 9.59 Å². The molecule has 0 N–H and O–H groups in total. The average Bonchev–Trinajstić information content (AvgIpc) is 3.18. The van der Waals surface area contributed by atoms with Gasteiger partial charge in [-0.15, -0.1) is 0 Å². The lowest BCUT2D eigenvalue weighted by Crippen LogP contribution is -2.02. The van der Waals surface area contributed by atoms with Crippen LogP contribution < -0.4 is 9.47 Å². The van der Waals surface area contributed by atoms with Crippen LogP contribution in [-0.4, -0.2) is 38.4 Å². The Kier molecular flexibility index (Phi) is 16.1. The zero-order valence-electron chi connectivity index (χ0n) is 29.5. The molecular weight excluding hydrogens is 650 g/mol. The molecule has 0 radical (unpaired) electrons. The van der Waals surface area contributed by atoms with Crippen molar-refractivity contribution >= 4 is 22.7 Å². The number of ether oxygens (including phenoxy) is 4. The molecule has 7 nitrogen and oxygen atoms in total. The highest BCUT2D eigenvalue weighted by Crippen LogP contribution is 2.23. The third-order valence-electron chi connectivity index (χ3n) is 7.94. The monoisotopic (exact) mass is 693 g/mol. The lowest BCUT2D eigenvalue weighted by atomic mass is 10.0. The maximum absolute atomic E-state index is 11.1.